The molecule has 4 nitrogen and oxygen atoms in total. The van der Waals surface area contributed by atoms with Crippen molar-refractivity contribution in [2.75, 3.05) is 18.0 Å². The third-order valence-corrected chi connectivity index (χ3v) is 5.57. The predicted octanol–water partition coefficient (Wildman–Crippen LogP) is 2.96. The van der Waals surface area contributed by atoms with Gasteiger partial charge >= 0.3 is 0 Å². The van der Waals surface area contributed by atoms with Gasteiger partial charge in [-0.05, 0) is 56.7 Å². The van der Waals surface area contributed by atoms with Gasteiger partial charge in [-0.2, -0.15) is 0 Å². The highest BCUT2D eigenvalue weighted by Crippen LogP contribution is 2.40. The number of nitrogens with zero attached hydrogens (tertiary/aromatic N) is 2. The summed E-state index contributed by atoms with van der Waals surface area (Å²) in [6.45, 7) is 5.55. The molecule has 1 saturated carbocycles. The molecule has 2 N–H and O–H groups in total. The van der Waals surface area contributed by atoms with Gasteiger partial charge in [0, 0.05) is 36.6 Å². The Bertz CT molecular complexity index is 854. The number of fused-ring (bicyclic) bond motifs is 1. The zero-order valence-corrected chi connectivity index (χ0v) is 14.3. The van der Waals surface area contributed by atoms with Crippen molar-refractivity contribution in [3.63, 3.8) is 0 Å². The molecule has 1 saturated heterocycles. The second kappa shape index (κ2) is 5.59. The maximum atomic E-state index is 14.8. The third-order valence-electron chi connectivity index (χ3n) is 5.57. The van der Waals surface area contributed by atoms with E-state index in [0.717, 1.165) is 48.8 Å². The van der Waals surface area contributed by atoms with Crippen LogP contribution >= 0.6 is 0 Å². The molecule has 1 aliphatic carbocycles. The first kappa shape index (κ1) is 15.6. The van der Waals surface area contributed by atoms with E-state index in [1.165, 1.54) is 0 Å². The lowest BCUT2D eigenvalue weighted by Crippen LogP contribution is -2.30. The quantitative estimate of drug-likeness (QED) is 0.942. The van der Waals surface area contributed by atoms with Crippen molar-refractivity contribution in [1.29, 1.82) is 0 Å². The van der Waals surface area contributed by atoms with Crippen LogP contribution in [0.1, 0.15) is 37.8 Å². The summed E-state index contributed by atoms with van der Waals surface area (Å²) in [7, 11) is 0. The number of benzene rings is 1. The zero-order chi connectivity index (χ0) is 17.0. The van der Waals surface area contributed by atoms with Gasteiger partial charge in [-0.1, -0.05) is 0 Å². The normalized spacial score (nSPS) is 22.3. The summed E-state index contributed by atoms with van der Waals surface area (Å²) < 4.78 is 16.7. The van der Waals surface area contributed by atoms with Crippen molar-refractivity contribution in [2.45, 2.75) is 45.2 Å². The van der Waals surface area contributed by atoms with Gasteiger partial charge in [-0.25, -0.2) is 4.39 Å². The molecule has 128 valence electrons. The van der Waals surface area contributed by atoms with Gasteiger partial charge < -0.3 is 15.2 Å². The highest BCUT2D eigenvalue weighted by molar-refractivity contribution is 5.88. The molecule has 24 heavy (non-hydrogen) atoms. The van der Waals surface area contributed by atoms with Crippen molar-refractivity contribution >= 4 is 16.6 Å². The van der Waals surface area contributed by atoms with E-state index < -0.39 is 0 Å². The maximum absolute atomic E-state index is 14.8. The van der Waals surface area contributed by atoms with E-state index in [0.29, 0.717) is 11.6 Å². The van der Waals surface area contributed by atoms with E-state index in [1.807, 2.05) is 18.4 Å². The Morgan fingerprint density at radius 2 is 2.04 bits per heavy atom. The number of hydrogen-bond donors (Lipinski definition) is 1. The summed E-state index contributed by atoms with van der Waals surface area (Å²) >= 11 is 0. The fourth-order valence-corrected chi connectivity index (χ4v) is 4.08. The molecule has 2 fully saturated rings. The fourth-order valence-electron chi connectivity index (χ4n) is 4.08. The lowest BCUT2D eigenvalue weighted by atomic mass is 10.0. The van der Waals surface area contributed by atoms with Crippen molar-refractivity contribution in [1.82, 2.24) is 4.57 Å². The summed E-state index contributed by atoms with van der Waals surface area (Å²) in [6, 6.07) is 5.26. The standard InChI is InChI=1S/C19H24FN3O/c1-11-18-13(3-6-17(24)23(18)15-4-5-15)9-16(20)19(11)22-8-7-14(10-22)12(2)21/h3,6,9,12,14-15H,4-5,7-8,10,21H2,1-2H3/t12?,14-/m1/s1. The lowest BCUT2D eigenvalue weighted by Gasteiger charge is -2.24. The monoisotopic (exact) mass is 329 g/mol. The Kier molecular flexibility index (Phi) is 3.64. The molecule has 2 aromatic rings. The van der Waals surface area contributed by atoms with Crippen molar-refractivity contribution in [2.24, 2.45) is 11.7 Å². The smallest absolute Gasteiger partial charge is 0.251 e. The van der Waals surface area contributed by atoms with Gasteiger partial charge in [0.15, 0.2) is 0 Å². The van der Waals surface area contributed by atoms with E-state index in [2.05, 4.69) is 4.90 Å². The lowest BCUT2D eigenvalue weighted by molar-refractivity contribution is 0.487. The first-order chi connectivity index (χ1) is 11.5. The summed E-state index contributed by atoms with van der Waals surface area (Å²) in [6.07, 6.45) is 3.04. The second-order valence-corrected chi connectivity index (χ2v) is 7.40. The summed E-state index contributed by atoms with van der Waals surface area (Å²) in [4.78, 5) is 14.5. The molecule has 1 unspecified atom stereocenters. The molecule has 1 aromatic heterocycles. The summed E-state index contributed by atoms with van der Waals surface area (Å²) in [5.74, 6) is 0.187. The minimum absolute atomic E-state index is 0.0144. The number of rotatable bonds is 3. The average Bonchev–Trinajstić information content (AvgIpc) is 3.24. The molecule has 2 atom stereocenters. The van der Waals surface area contributed by atoms with Gasteiger partial charge in [0.1, 0.15) is 5.82 Å². The minimum atomic E-state index is -0.202. The van der Waals surface area contributed by atoms with Crippen LogP contribution in [-0.4, -0.2) is 23.7 Å². The van der Waals surface area contributed by atoms with Gasteiger partial charge in [-0.3, -0.25) is 4.79 Å². The predicted molar refractivity (Wildman–Crippen MR) is 95.1 cm³/mol. The molecule has 0 amide bonds. The largest absolute Gasteiger partial charge is 0.369 e. The van der Waals surface area contributed by atoms with Gasteiger partial charge in [0.05, 0.1) is 11.2 Å². The number of anilines is 1. The number of pyridine rings is 1. The van der Waals surface area contributed by atoms with E-state index in [1.54, 1.807) is 18.2 Å². The molecule has 0 spiro atoms. The number of hydrogen-bond acceptors (Lipinski definition) is 3. The van der Waals surface area contributed by atoms with Crippen LogP contribution in [0.3, 0.4) is 0 Å². The Morgan fingerprint density at radius 3 is 2.67 bits per heavy atom. The first-order valence-corrected chi connectivity index (χ1v) is 8.82. The highest BCUT2D eigenvalue weighted by atomic mass is 19.1. The molecule has 4 rings (SSSR count). The SMILES string of the molecule is Cc1c(N2CC[C@@H](C(C)N)C2)c(F)cc2ccc(=O)n(C3CC3)c12. The average molecular weight is 329 g/mol. The molecule has 0 radical (unpaired) electrons. The van der Waals surface area contributed by atoms with Crippen LogP contribution in [0.2, 0.25) is 0 Å². The molecule has 0 bridgehead atoms. The minimum Gasteiger partial charge on any atom is -0.369 e. The van der Waals surface area contributed by atoms with E-state index >= 15 is 0 Å². The number of aromatic nitrogens is 1. The molecular formula is C19H24FN3O. The van der Waals surface area contributed by atoms with Crippen molar-refractivity contribution in [3.8, 4) is 0 Å². The second-order valence-electron chi connectivity index (χ2n) is 7.40. The first-order valence-electron chi connectivity index (χ1n) is 8.82. The third kappa shape index (κ3) is 2.42. The Balaban J connectivity index is 1.88. The van der Waals surface area contributed by atoms with Crippen LogP contribution in [-0.2, 0) is 0 Å². The van der Waals surface area contributed by atoms with Gasteiger partial charge in [-0.15, -0.1) is 0 Å². The van der Waals surface area contributed by atoms with Crippen LogP contribution < -0.4 is 16.2 Å². The van der Waals surface area contributed by atoms with Gasteiger partial charge in [0.2, 0.25) is 0 Å². The van der Waals surface area contributed by atoms with Crippen LogP contribution in [0.15, 0.2) is 23.0 Å². The highest BCUT2D eigenvalue weighted by Gasteiger charge is 2.31. The van der Waals surface area contributed by atoms with Gasteiger partial charge in [0.25, 0.3) is 5.56 Å². The Morgan fingerprint density at radius 1 is 1.29 bits per heavy atom. The molecule has 1 aromatic carbocycles. The van der Waals surface area contributed by atoms with E-state index in [-0.39, 0.29) is 23.5 Å². The molecule has 5 heteroatoms. The Hall–Kier alpha value is -1.88. The van der Waals surface area contributed by atoms with Crippen LogP contribution in [0, 0.1) is 18.7 Å². The molecule has 2 aliphatic rings. The van der Waals surface area contributed by atoms with E-state index in [4.69, 9.17) is 5.73 Å². The van der Waals surface area contributed by atoms with E-state index in [9.17, 15) is 9.18 Å². The molecule has 2 heterocycles. The van der Waals surface area contributed by atoms with Crippen LogP contribution in [0.5, 0.6) is 0 Å². The summed E-state index contributed by atoms with van der Waals surface area (Å²) in [5.41, 5.74) is 8.46. The maximum Gasteiger partial charge on any atom is 0.251 e. The number of nitrogens with two attached hydrogens (primary N) is 1. The Labute approximate surface area is 141 Å². The van der Waals surface area contributed by atoms with Crippen LogP contribution in [0.25, 0.3) is 10.9 Å². The van der Waals surface area contributed by atoms with Crippen molar-refractivity contribution in [3.05, 3.63) is 39.9 Å². The topological polar surface area (TPSA) is 51.3 Å². The molecular weight excluding hydrogens is 305 g/mol. The number of halogens is 1. The number of aryl methyl sites for hydroxylation is 1. The van der Waals surface area contributed by atoms with Crippen LogP contribution in [0.4, 0.5) is 10.1 Å². The summed E-state index contributed by atoms with van der Waals surface area (Å²) in [5, 5.41) is 0.809. The fraction of sp³-hybridized carbons (Fsp3) is 0.526. The zero-order valence-electron chi connectivity index (χ0n) is 14.3. The van der Waals surface area contributed by atoms with Crippen molar-refractivity contribution < 1.29 is 4.39 Å². The molecule has 1 aliphatic heterocycles.